The summed E-state index contributed by atoms with van der Waals surface area (Å²) in [6.45, 7) is 0. The first kappa shape index (κ1) is 18.8. The van der Waals surface area contributed by atoms with Crippen LogP contribution in [0.4, 0.5) is 10.1 Å². The zero-order chi connectivity index (χ0) is 18.9. The number of rotatable bonds is 6. The summed E-state index contributed by atoms with van der Waals surface area (Å²) in [6, 6.07) is 8.11. The molecule has 1 saturated carbocycles. The summed E-state index contributed by atoms with van der Waals surface area (Å²) >= 11 is 3.13. The molecule has 138 valence electrons. The fourth-order valence-electron chi connectivity index (χ4n) is 2.30. The third-order valence-electron chi connectivity index (χ3n) is 3.80. The van der Waals surface area contributed by atoms with Gasteiger partial charge in [-0.3, -0.25) is 4.79 Å². The average Bonchev–Trinajstić information content (AvgIpc) is 3.37. The highest BCUT2D eigenvalue weighted by atomic mass is 79.9. The van der Waals surface area contributed by atoms with Crippen LogP contribution in [0, 0.1) is 5.82 Å². The number of hydrogen-bond acceptors (Lipinski definition) is 4. The van der Waals surface area contributed by atoms with Gasteiger partial charge in [0.05, 0.1) is 23.3 Å². The zero-order valence-corrected chi connectivity index (χ0v) is 16.2. The van der Waals surface area contributed by atoms with Gasteiger partial charge in [-0.15, -0.1) is 0 Å². The smallest absolute Gasteiger partial charge is 0.258 e. The van der Waals surface area contributed by atoms with Crippen LogP contribution in [-0.4, -0.2) is 27.5 Å². The van der Waals surface area contributed by atoms with Gasteiger partial charge < -0.3 is 10.1 Å². The van der Waals surface area contributed by atoms with E-state index in [0.717, 1.165) is 12.8 Å². The van der Waals surface area contributed by atoms with Crippen molar-refractivity contribution in [3.05, 3.63) is 52.3 Å². The van der Waals surface area contributed by atoms with Crippen LogP contribution in [0.3, 0.4) is 0 Å². The van der Waals surface area contributed by atoms with E-state index in [1.165, 1.54) is 43.5 Å². The Morgan fingerprint density at radius 2 is 1.96 bits per heavy atom. The largest absolute Gasteiger partial charge is 0.495 e. The molecular weight excluding hydrogens is 427 g/mol. The van der Waals surface area contributed by atoms with Crippen LogP contribution in [0.15, 0.2) is 45.8 Å². The van der Waals surface area contributed by atoms with Gasteiger partial charge >= 0.3 is 0 Å². The van der Waals surface area contributed by atoms with E-state index in [4.69, 9.17) is 4.74 Å². The van der Waals surface area contributed by atoms with Gasteiger partial charge in [-0.05, 0) is 49.2 Å². The first-order chi connectivity index (χ1) is 12.3. The Morgan fingerprint density at radius 1 is 1.23 bits per heavy atom. The second kappa shape index (κ2) is 7.34. The van der Waals surface area contributed by atoms with Gasteiger partial charge in [-0.1, -0.05) is 15.9 Å². The van der Waals surface area contributed by atoms with Crippen molar-refractivity contribution in [3.63, 3.8) is 0 Å². The van der Waals surface area contributed by atoms with E-state index < -0.39 is 21.7 Å². The van der Waals surface area contributed by atoms with Crippen LogP contribution in [-0.2, 0) is 10.0 Å². The van der Waals surface area contributed by atoms with E-state index in [0.29, 0.717) is 4.47 Å². The molecule has 6 nitrogen and oxygen atoms in total. The van der Waals surface area contributed by atoms with Crippen molar-refractivity contribution in [2.45, 2.75) is 23.8 Å². The van der Waals surface area contributed by atoms with Crippen molar-refractivity contribution in [3.8, 4) is 5.75 Å². The highest BCUT2D eigenvalue weighted by Crippen LogP contribution is 2.30. The number of sulfonamides is 1. The predicted molar refractivity (Wildman–Crippen MR) is 98.4 cm³/mol. The van der Waals surface area contributed by atoms with E-state index in [1.807, 2.05) is 0 Å². The van der Waals surface area contributed by atoms with Gasteiger partial charge in [0.2, 0.25) is 10.0 Å². The van der Waals surface area contributed by atoms with Crippen molar-refractivity contribution >= 4 is 37.5 Å². The summed E-state index contributed by atoms with van der Waals surface area (Å²) in [7, 11) is -2.31. The lowest BCUT2D eigenvalue weighted by atomic mass is 10.2. The first-order valence-electron chi connectivity index (χ1n) is 7.77. The molecule has 0 aromatic heterocycles. The summed E-state index contributed by atoms with van der Waals surface area (Å²) in [4.78, 5) is 12.4. The van der Waals surface area contributed by atoms with E-state index in [1.54, 1.807) is 0 Å². The number of nitrogens with one attached hydrogen (secondary N) is 2. The van der Waals surface area contributed by atoms with Crippen LogP contribution in [0.1, 0.15) is 23.2 Å². The molecule has 1 aliphatic carbocycles. The molecule has 0 bridgehead atoms. The molecule has 2 aromatic carbocycles. The molecular formula is C17H16BrFN2O4S. The molecule has 1 amide bonds. The number of amides is 1. The Labute approximate surface area is 158 Å². The minimum absolute atomic E-state index is 0.00298. The van der Waals surface area contributed by atoms with Gasteiger partial charge in [-0.2, -0.15) is 0 Å². The number of halogens is 2. The van der Waals surface area contributed by atoms with Gasteiger partial charge in [0.1, 0.15) is 11.6 Å². The molecule has 2 aromatic rings. The highest BCUT2D eigenvalue weighted by molar-refractivity contribution is 9.10. The molecule has 0 spiro atoms. The normalized spacial score (nSPS) is 14.1. The number of hydrogen-bond donors (Lipinski definition) is 2. The van der Waals surface area contributed by atoms with Crippen LogP contribution >= 0.6 is 15.9 Å². The zero-order valence-electron chi connectivity index (χ0n) is 13.8. The Bertz CT molecular complexity index is 961. The first-order valence-corrected chi connectivity index (χ1v) is 10.0. The lowest BCUT2D eigenvalue weighted by Crippen LogP contribution is -2.26. The van der Waals surface area contributed by atoms with Crippen molar-refractivity contribution in [1.29, 1.82) is 0 Å². The van der Waals surface area contributed by atoms with Crippen LogP contribution in [0.25, 0.3) is 0 Å². The summed E-state index contributed by atoms with van der Waals surface area (Å²) in [5, 5.41) is 2.51. The number of carbonyl (C=O) groups is 1. The van der Waals surface area contributed by atoms with Gasteiger partial charge in [0.15, 0.2) is 0 Å². The van der Waals surface area contributed by atoms with Crippen LogP contribution < -0.4 is 14.8 Å². The van der Waals surface area contributed by atoms with E-state index >= 15 is 0 Å². The van der Waals surface area contributed by atoms with Crippen molar-refractivity contribution in [2.24, 2.45) is 0 Å². The highest BCUT2D eigenvalue weighted by Gasteiger charge is 2.28. The third kappa shape index (κ3) is 4.22. The fraction of sp³-hybridized carbons (Fsp3) is 0.235. The molecule has 26 heavy (non-hydrogen) atoms. The summed E-state index contributed by atoms with van der Waals surface area (Å²) in [5.41, 5.74) is -0.0295. The van der Waals surface area contributed by atoms with E-state index in [2.05, 4.69) is 26.0 Å². The van der Waals surface area contributed by atoms with Crippen molar-refractivity contribution in [1.82, 2.24) is 4.72 Å². The second-order valence-electron chi connectivity index (χ2n) is 5.84. The molecule has 0 radical (unpaired) electrons. The molecule has 2 N–H and O–H groups in total. The molecule has 1 fully saturated rings. The topological polar surface area (TPSA) is 84.5 Å². The molecule has 0 unspecified atom stereocenters. The quantitative estimate of drug-likeness (QED) is 0.718. The monoisotopic (exact) mass is 442 g/mol. The Morgan fingerprint density at radius 3 is 2.58 bits per heavy atom. The second-order valence-corrected chi connectivity index (χ2v) is 8.47. The number of carbonyl (C=O) groups excluding carboxylic acids is 1. The summed E-state index contributed by atoms with van der Waals surface area (Å²) in [6.07, 6.45) is 1.61. The maximum atomic E-state index is 14.0. The van der Waals surface area contributed by atoms with Gasteiger partial charge in [0.25, 0.3) is 5.91 Å². The number of ether oxygens (including phenoxy) is 1. The van der Waals surface area contributed by atoms with Crippen LogP contribution in [0.2, 0.25) is 0 Å². The third-order valence-corrected chi connectivity index (χ3v) is 5.82. The minimum Gasteiger partial charge on any atom is -0.495 e. The molecule has 0 atom stereocenters. The Balaban J connectivity index is 1.90. The standard InChI is InChI=1S/C17H16BrFN2O4S/c1-25-16-7-5-12(26(23,24)21-11-3-4-11)9-15(16)20-17(22)13-6-2-10(18)8-14(13)19/h2,5-9,11,21H,3-4H2,1H3,(H,20,22). The molecule has 0 heterocycles. The number of methoxy groups -OCH3 is 1. The maximum absolute atomic E-state index is 14.0. The SMILES string of the molecule is COc1ccc(S(=O)(=O)NC2CC2)cc1NC(=O)c1ccc(Br)cc1F. The Kier molecular flexibility index (Phi) is 5.31. The number of benzene rings is 2. The molecule has 0 aliphatic heterocycles. The maximum Gasteiger partial charge on any atom is 0.258 e. The average molecular weight is 443 g/mol. The van der Waals surface area contributed by atoms with Gasteiger partial charge in [0, 0.05) is 10.5 Å². The lowest BCUT2D eigenvalue weighted by Gasteiger charge is -2.13. The van der Waals surface area contributed by atoms with Crippen LogP contribution in [0.5, 0.6) is 5.75 Å². The lowest BCUT2D eigenvalue weighted by molar-refractivity contribution is 0.102. The molecule has 1 aliphatic rings. The molecule has 3 rings (SSSR count). The predicted octanol–water partition coefficient (Wildman–Crippen LogP) is 3.29. The minimum atomic E-state index is -3.70. The van der Waals surface area contributed by atoms with E-state index in [9.17, 15) is 17.6 Å². The van der Waals surface area contributed by atoms with Gasteiger partial charge in [-0.25, -0.2) is 17.5 Å². The summed E-state index contributed by atoms with van der Waals surface area (Å²) < 4.78 is 46.9. The number of anilines is 1. The molecule has 9 heteroatoms. The Hall–Kier alpha value is -1.97. The van der Waals surface area contributed by atoms with Crippen molar-refractivity contribution < 1.29 is 22.3 Å². The van der Waals surface area contributed by atoms with E-state index in [-0.39, 0.29) is 27.9 Å². The molecule has 0 saturated heterocycles. The fourth-order valence-corrected chi connectivity index (χ4v) is 3.97. The van der Waals surface area contributed by atoms with Crippen molar-refractivity contribution in [2.75, 3.05) is 12.4 Å². The summed E-state index contributed by atoms with van der Waals surface area (Å²) in [5.74, 6) is -1.14.